The molecular weight excluding hydrogens is 192 g/mol. The van der Waals surface area contributed by atoms with Crippen molar-refractivity contribution in [3.8, 4) is 6.07 Å². The van der Waals surface area contributed by atoms with E-state index in [4.69, 9.17) is 10.00 Å². The SMILES string of the molecule is CCCC(C#N)C(=O)N(C)C1CCOC1. The monoisotopic (exact) mass is 210 g/mol. The summed E-state index contributed by atoms with van der Waals surface area (Å²) in [5.41, 5.74) is 0. The van der Waals surface area contributed by atoms with Gasteiger partial charge in [-0.1, -0.05) is 13.3 Å². The second-order valence-corrected chi connectivity index (χ2v) is 3.94. The molecule has 0 N–H and O–H groups in total. The van der Waals surface area contributed by atoms with E-state index < -0.39 is 5.92 Å². The first kappa shape index (κ1) is 12.0. The Bertz CT molecular complexity index is 254. The molecule has 0 aromatic carbocycles. The molecule has 1 saturated heterocycles. The van der Waals surface area contributed by atoms with E-state index in [1.54, 1.807) is 11.9 Å². The minimum Gasteiger partial charge on any atom is -0.379 e. The lowest BCUT2D eigenvalue weighted by molar-refractivity contribution is -0.134. The highest BCUT2D eigenvalue weighted by atomic mass is 16.5. The summed E-state index contributed by atoms with van der Waals surface area (Å²) < 4.78 is 5.22. The van der Waals surface area contributed by atoms with Crippen molar-refractivity contribution in [2.75, 3.05) is 20.3 Å². The predicted molar refractivity (Wildman–Crippen MR) is 56.0 cm³/mol. The average Bonchev–Trinajstić information content (AvgIpc) is 2.77. The molecule has 2 atom stereocenters. The summed E-state index contributed by atoms with van der Waals surface area (Å²) >= 11 is 0. The lowest BCUT2D eigenvalue weighted by Gasteiger charge is -2.25. The van der Waals surface area contributed by atoms with Crippen molar-refractivity contribution in [2.24, 2.45) is 5.92 Å². The van der Waals surface area contributed by atoms with Crippen LogP contribution in [-0.4, -0.2) is 37.1 Å². The molecule has 1 aliphatic heterocycles. The van der Waals surface area contributed by atoms with E-state index >= 15 is 0 Å². The maximum absolute atomic E-state index is 11.9. The van der Waals surface area contributed by atoms with Crippen LogP contribution >= 0.6 is 0 Å². The van der Waals surface area contributed by atoms with E-state index in [1.807, 2.05) is 6.92 Å². The Morgan fingerprint density at radius 2 is 2.47 bits per heavy atom. The summed E-state index contributed by atoms with van der Waals surface area (Å²) in [4.78, 5) is 13.6. The largest absolute Gasteiger partial charge is 0.379 e. The van der Waals surface area contributed by atoms with Crippen molar-refractivity contribution in [3.63, 3.8) is 0 Å². The standard InChI is InChI=1S/C11H18N2O2/c1-3-4-9(7-12)11(14)13(2)10-5-6-15-8-10/h9-10H,3-6,8H2,1-2H3. The number of amides is 1. The molecule has 4 heteroatoms. The minimum absolute atomic E-state index is 0.0603. The zero-order valence-corrected chi connectivity index (χ0v) is 9.40. The van der Waals surface area contributed by atoms with Crippen LogP contribution in [0.2, 0.25) is 0 Å². The van der Waals surface area contributed by atoms with Gasteiger partial charge in [0.25, 0.3) is 0 Å². The van der Waals surface area contributed by atoms with Crippen LogP contribution in [0.4, 0.5) is 0 Å². The van der Waals surface area contributed by atoms with Crippen LogP contribution < -0.4 is 0 Å². The molecule has 0 aliphatic carbocycles. The average molecular weight is 210 g/mol. The molecule has 0 radical (unpaired) electrons. The predicted octanol–water partition coefficient (Wildman–Crippen LogP) is 1.17. The van der Waals surface area contributed by atoms with Gasteiger partial charge in [-0.15, -0.1) is 0 Å². The first-order valence-corrected chi connectivity index (χ1v) is 5.44. The second-order valence-electron chi connectivity index (χ2n) is 3.94. The number of ether oxygens (including phenoxy) is 1. The summed E-state index contributed by atoms with van der Waals surface area (Å²) in [6.07, 6.45) is 2.39. The van der Waals surface area contributed by atoms with Gasteiger partial charge in [0.05, 0.1) is 18.7 Å². The van der Waals surface area contributed by atoms with Crippen molar-refractivity contribution in [1.82, 2.24) is 4.90 Å². The van der Waals surface area contributed by atoms with Gasteiger partial charge in [-0.05, 0) is 12.8 Å². The van der Waals surface area contributed by atoms with E-state index in [0.29, 0.717) is 19.6 Å². The summed E-state index contributed by atoms with van der Waals surface area (Å²) in [5.74, 6) is -0.546. The fraction of sp³-hybridized carbons (Fsp3) is 0.818. The van der Waals surface area contributed by atoms with Crippen LogP contribution in [0, 0.1) is 17.2 Å². The second kappa shape index (κ2) is 5.72. The maximum atomic E-state index is 11.9. The van der Waals surface area contributed by atoms with Crippen molar-refractivity contribution >= 4 is 5.91 Å². The van der Waals surface area contributed by atoms with Crippen LogP contribution in [0.25, 0.3) is 0 Å². The highest BCUT2D eigenvalue weighted by molar-refractivity contribution is 5.81. The van der Waals surface area contributed by atoms with Gasteiger partial charge in [0.15, 0.2) is 0 Å². The number of hydrogen-bond acceptors (Lipinski definition) is 3. The number of rotatable bonds is 4. The molecule has 1 fully saturated rings. The summed E-state index contributed by atoms with van der Waals surface area (Å²) in [7, 11) is 1.77. The number of nitrogens with zero attached hydrogens (tertiary/aromatic N) is 2. The Labute approximate surface area is 90.8 Å². The van der Waals surface area contributed by atoms with Gasteiger partial charge in [-0.3, -0.25) is 4.79 Å². The van der Waals surface area contributed by atoms with Crippen molar-refractivity contribution in [1.29, 1.82) is 5.26 Å². The number of nitriles is 1. The third-order valence-corrected chi connectivity index (χ3v) is 2.83. The summed E-state index contributed by atoms with van der Waals surface area (Å²) in [6, 6.07) is 2.23. The molecule has 15 heavy (non-hydrogen) atoms. The first-order valence-electron chi connectivity index (χ1n) is 5.44. The Hall–Kier alpha value is -1.08. The molecule has 0 aromatic heterocycles. The van der Waals surface area contributed by atoms with Crippen molar-refractivity contribution in [3.05, 3.63) is 0 Å². The quantitative estimate of drug-likeness (QED) is 0.700. The molecular formula is C11H18N2O2. The van der Waals surface area contributed by atoms with Crippen LogP contribution in [0.1, 0.15) is 26.2 Å². The Kier molecular flexibility index (Phi) is 4.57. The van der Waals surface area contributed by atoms with Gasteiger partial charge >= 0.3 is 0 Å². The molecule has 1 aliphatic rings. The van der Waals surface area contributed by atoms with E-state index in [1.165, 1.54) is 0 Å². The van der Waals surface area contributed by atoms with Gasteiger partial charge in [-0.25, -0.2) is 0 Å². The smallest absolute Gasteiger partial charge is 0.239 e. The fourth-order valence-corrected chi connectivity index (χ4v) is 1.79. The van der Waals surface area contributed by atoms with E-state index in [-0.39, 0.29) is 11.9 Å². The first-order chi connectivity index (χ1) is 7.20. The Morgan fingerprint density at radius 1 is 1.73 bits per heavy atom. The van der Waals surface area contributed by atoms with Gasteiger partial charge in [0, 0.05) is 13.7 Å². The van der Waals surface area contributed by atoms with E-state index in [0.717, 1.165) is 12.8 Å². The molecule has 84 valence electrons. The Morgan fingerprint density at radius 3 is 2.93 bits per heavy atom. The molecule has 2 unspecified atom stereocenters. The summed E-state index contributed by atoms with van der Waals surface area (Å²) in [6.45, 7) is 3.30. The van der Waals surface area contributed by atoms with Crippen LogP contribution in [0.5, 0.6) is 0 Å². The van der Waals surface area contributed by atoms with E-state index in [9.17, 15) is 4.79 Å². The van der Waals surface area contributed by atoms with Crippen molar-refractivity contribution < 1.29 is 9.53 Å². The molecule has 0 aromatic rings. The third-order valence-electron chi connectivity index (χ3n) is 2.83. The molecule has 1 amide bonds. The summed E-state index contributed by atoms with van der Waals surface area (Å²) in [5, 5.41) is 8.89. The lowest BCUT2D eigenvalue weighted by atomic mass is 10.0. The third kappa shape index (κ3) is 2.93. The molecule has 0 spiro atoms. The fourth-order valence-electron chi connectivity index (χ4n) is 1.79. The number of likely N-dealkylation sites (N-methyl/N-ethyl adjacent to an activating group) is 1. The van der Waals surface area contributed by atoms with E-state index in [2.05, 4.69) is 6.07 Å². The Balaban J connectivity index is 2.53. The minimum atomic E-state index is -0.486. The van der Waals surface area contributed by atoms with Gasteiger partial charge in [-0.2, -0.15) is 5.26 Å². The number of hydrogen-bond donors (Lipinski definition) is 0. The maximum Gasteiger partial charge on any atom is 0.239 e. The molecule has 4 nitrogen and oxygen atoms in total. The number of carbonyl (C=O) groups excluding carboxylic acids is 1. The van der Waals surface area contributed by atoms with Crippen LogP contribution in [0.3, 0.4) is 0 Å². The van der Waals surface area contributed by atoms with Crippen LogP contribution in [-0.2, 0) is 9.53 Å². The normalized spacial score (nSPS) is 22.1. The highest BCUT2D eigenvalue weighted by Crippen LogP contribution is 2.15. The van der Waals surface area contributed by atoms with Crippen molar-refractivity contribution in [2.45, 2.75) is 32.2 Å². The van der Waals surface area contributed by atoms with Crippen LogP contribution in [0.15, 0.2) is 0 Å². The molecule has 0 bridgehead atoms. The highest BCUT2D eigenvalue weighted by Gasteiger charge is 2.28. The molecule has 1 heterocycles. The van der Waals surface area contributed by atoms with Gasteiger partial charge < -0.3 is 9.64 Å². The molecule has 0 saturated carbocycles. The zero-order chi connectivity index (χ0) is 11.3. The molecule has 1 rings (SSSR count). The van der Waals surface area contributed by atoms with Gasteiger partial charge in [0.1, 0.15) is 5.92 Å². The van der Waals surface area contributed by atoms with Gasteiger partial charge in [0.2, 0.25) is 5.91 Å². The zero-order valence-electron chi connectivity index (χ0n) is 9.40. The topological polar surface area (TPSA) is 53.3 Å². The number of carbonyl (C=O) groups is 1. The lowest BCUT2D eigenvalue weighted by Crippen LogP contribution is -2.40.